The Morgan fingerprint density at radius 3 is 2.48 bits per heavy atom. The molecule has 0 bridgehead atoms. The average Bonchev–Trinajstić information content (AvgIpc) is 3.38. The van der Waals surface area contributed by atoms with Crippen molar-refractivity contribution in [2.45, 2.75) is 13.0 Å². The van der Waals surface area contributed by atoms with E-state index in [9.17, 15) is 0 Å². The number of benzene rings is 2. The van der Waals surface area contributed by atoms with E-state index in [1.807, 2.05) is 42.5 Å². The molecule has 0 amide bonds. The highest BCUT2D eigenvalue weighted by Gasteiger charge is 2.18. The minimum Gasteiger partial charge on any atom is -0.352 e. The van der Waals surface area contributed by atoms with Crippen molar-refractivity contribution in [2.75, 3.05) is 11.9 Å². The summed E-state index contributed by atoms with van der Waals surface area (Å²) in [6, 6.07) is 20.4. The van der Waals surface area contributed by atoms with Gasteiger partial charge >= 0.3 is 0 Å². The molecular formula is C24H21N7. The zero-order chi connectivity index (χ0) is 21.2. The molecular weight excluding hydrogens is 386 g/mol. The quantitative estimate of drug-likeness (QED) is 0.428. The van der Waals surface area contributed by atoms with E-state index in [4.69, 9.17) is 9.97 Å². The summed E-state index contributed by atoms with van der Waals surface area (Å²) >= 11 is 0. The predicted octanol–water partition coefficient (Wildman–Crippen LogP) is 4.47. The summed E-state index contributed by atoms with van der Waals surface area (Å²) in [5, 5.41) is 5.21. The number of aromatic nitrogens is 6. The molecule has 2 aromatic carbocycles. The lowest BCUT2D eigenvalue weighted by Gasteiger charge is -2.28. The highest BCUT2D eigenvalue weighted by molar-refractivity contribution is 5.91. The third-order valence-electron chi connectivity index (χ3n) is 5.48. The first-order chi connectivity index (χ1) is 15.2. The van der Waals surface area contributed by atoms with Gasteiger partial charge in [0, 0.05) is 30.4 Å². The van der Waals surface area contributed by atoms with Crippen LogP contribution in [0.25, 0.3) is 28.0 Å². The Labute approximate surface area is 180 Å². The van der Waals surface area contributed by atoms with E-state index in [1.165, 1.54) is 11.9 Å². The van der Waals surface area contributed by atoms with Gasteiger partial charge in [-0.2, -0.15) is 5.10 Å². The van der Waals surface area contributed by atoms with Crippen molar-refractivity contribution < 1.29 is 0 Å². The molecule has 0 saturated carbocycles. The summed E-state index contributed by atoms with van der Waals surface area (Å²) < 4.78 is 1.75. The number of rotatable bonds is 5. The van der Waals surface area contributed by atoms with E-state index < -0.39 is 0 Å². The Kier molecular flexibility index (Phi) is 4.84. The SMILES string of the molecule is C[C@@H](c1ccc(-n2cncn2)cc1)N(C)c1nc(-c2cccnc2)nc2ccccc12. The molecule has 0 aliphatic carbocycles. The number of fused-ring (bicyclic) bond motifs is 1. The van der Waals surface area contributed by atoms with Crippen molar-refractivity contribution >= 4 is 16.7 Å². The van der Waals surface area contributed by atoms with Gasteiger partial charge in [-0.05, 0) is 48.9 Å². The molecule has 1 atom stereocenters. The van der Waals surface area contributed by atoms with Crippen LogP contribution in [-0.2, 0) is 0 Å². The molecule has 0 aliphatic heterocycles. The van der Waals surface area contributed by atoms with Crippen LogP contribution in [0.15, 0.2) is 85.7 Å². The van der Waals surface area contributed by atoms with Gasteiger partial charge < -0.3 is 4.90 Å². The molecule has 0 unspecified atom stereocenters. The van der Waals surface area contributed by atoms with Gasteiger partial charge in [-0.15, -0.1) is 0 Å². The molecule has 3 aromatic heterocycles. The third-order valence-corrected chi connectivity index (χ3v) is 5.48. The third kappa shape index (κ3) is 3.61. The van der Waals surface area contributed by atoms with Gasteiger partial charge in [0.2, 0.25) is 0 Å². The molecule has 5 aromatic rings. The lowest BCUT2D eigenvalue weighted by atomic mass is 10.1. The normalized spacial score (nSPS) is 12.1. The van der Waals surface area contributed by atoms with Gasteiger partial charge in [-0.3, -0.25) is 4.98 Å². The van der Waals surface area contributed by atoms with Crippen LogP contribution in [0.4, 0.5) is 5.82 Å². The lowest BCUT2D eigenvalue weighted by Crippen LogP contribution is -2.23. The monoisotopic (exact) mass is 407 g/mol. The summed E-state index contributed by atoms with van der Waals surface area (Å²) in [6.45, 7) is 2.17. The van der Waals surface area contributed by atoms with Crippen LogP contribution in [0, 0.1) is 0 Å². The number of pyridine rings is 1. The lowest BCUT2D eigenvalue weighted by molar-refractivity contribution is 0.730. The van der Waals surface area contributed by atoms with E-state index in [1.54, 1.807) is 23.4 Å². The van der Waals surface area contributed by atoms with E-state index >= 15 is 0 Å². The van der Waals surface area contributed by atoms with E-state index in [2.05, 4.69) is 52.1 Å². The Balaban J connectivity index is 1.53. The van der Waals surface area contributed by atoms with Crippen molar-refractivity contribution in [1.82, 2.24) is 29.7 Å². The molecule has 0 saturated heterocycles. The average molecular weight is 407 g/mol. The summed E-state index contributed by atoms with van der Waals surface area (Å²) in [4.78, 5) is 20.1. The van der Waals surface area contributed by atoms with Gasteiger partial charge in [0.15, 0.2) is 5.82 Å². The van der Waals surface area contributed by atoms with Crippen LogP contribution in [0.2, 0.25) is 0 Å². The number of hydrogen-bond acceptors (Lipinski definition) is 6. The summed E-state index contributed by atoms with van der Waals surface area (Å²) in [5.74, 6) is 1.56. The van der Waals surface area contributed by atoms with Crippen molar-refractivity contribution in [1.29, 1.82) is 0 Å². The maximum Gasteiger partial charge on any atom is 0.163 e. The van der Waals surface area contributed by atoms with E-state index in [-0.39, 0.29) is 6.04 Å². The van der Waals surface area contributed by atoms with Gasteiger partial charge in [-0.1, -0.05) is 24.3 Å². The summed E-state index contributed by atoms with van der Waals surface area (Å²) in [5.41, 5.74) is 3.96. The van der Waals surface area contributed by atoms with Crippen LogP contribution >= 0.6 is 0 Å². The fourth-order valence-corrected chi connectivity index (χ4v) is 3.61. The fourth-order valence-electron chi connectivity index (χ4n) is 3.61. The second kappa shape index (κ2) is 7.95. The Morgan fingerprint density at radius 1 is 0.903 bits per heavy atom. The summed E-state index contributed by atoms with van der Waals surface area (Å²) in [6.07, 6.45) is 6.77. The maximum absolute atomic E-state index is 4.93. The molecule has 3 heterocycles. The molecule has 0 spiro atoms. The number of hydrogen-bond donors (Lipinski definition) is 0. The Morgan fingerprint density at radius 2 is 1.74 bits per heavy atom. The number of para-hydroxylation sites is 1. The zero-order valence-corrected chi connectivity index (χ0v) is 17.3. The molecule has 152 valence electrons. The molecule has 7 nitrogen and oxygen atoms in total. The Bertz CT molecular complexity index is 1300. The number of nitrogens with zero attached hydrogens (tertiary/aromatic N) is 7. The van der Waals surface area contributed by atoms with Crippen LogP contribution < -0.4 is 4.90 Å². The van der Waals surface area contributed by atoms with E-state index in [0.717, 1.165) is 28.0 Å². The first-order valence-electron chi connectivity index (χ1n) is 10.1. The molecule has 31 heavy (non-hydrogen) atoms. The second-order valence-corrected chi connectivity index (χ2v) is 7.35. The fraction of sp³-hybridized carbons (Fsp3) is 0.125. The molecule has 0 radical (unpaired) electrons. The van der Waals surface area contributed by atoms with Crippen molar-refractivity contribution in [3.8, 4) is 17.1 Å². The standard InChI is InChI=1S/C24H21N7/c1-17(18-9-11-20(12-10-18)31-16-26-15-27-31)30(2)24-21-7-3-4-8-22(21)28-23(29-24)19-6-5-13-25-14-19/h3-17H,1-2H3/t17-/m0/s1. The number of anilines is 1. The highest BCUT2D eigenvalue weighted by Crippen LogP contribution is 2.31. The smallest absolute Gasteiger partial charge is 0.163 e. The molecule has 5 rings (SSSR count). The molecule has 0 N–H and O–H groups in total. The van der Waals surface area contributed by atoms with Gasteiger partial charge in [-0.25, -0.2) is 19.6 Å². The Hall–Kier alpha value is -4.13. The minimum atomic E-state index is 0.102. The predicted molar refractivity (Wildman–Crippen MR) is 121 cm³/mol. The van der Waals surface area contributed by atoms with Gasteiger partial charge in [0.1, 0.15) is 18.5 Å². The largest absolute Gasteiger partial charge is 0.352 e. The zero-order valence-electron chi connectivity index (χ0n) is 17.3. The van der Waals surface area contributed by atoms with Crippen molar-refractivity contribution in [3.05, 3.63) is 91.3 Å². The summed E-state index contributed by atoms with van der Waals surface area (Å²) in [7, 11) is 2.07. The van der Waals surface area contributed by atoms with Gasteiger partial charge in [0.05, 0.1) is 17.2 Å². The van der Waals surface area contributed by atoms with Crippen LogP contribution in [0.3, 0.4) is 0 Å². The van der Waals surface area contributed by atoms with Crippen LogP contribution in [0.5, 0.6) is 0 Å². The van der Waals surface area contributed by atoms with Gasteiger partial charge in [0.25, 0.3) is 0 Å². The highest BCUT2D eigenvalue weighted by atomic mass is 15.3. The topological polar surface area (TPSA) is 72.6 Å². The first-order valence-corrected chi connectivity index (χ1v) is 10.1. The minimum absolute atomic E-state index is 0.102. The maximum atomic E-state index is 4.93. The molecule has 0 fully saturated rings. The molecule has 7 heteroatoms. The van der Waals surface area contributed by atoms with Crippen molar-refractivity contribution in [3.63, 3.8) is 0 Å². The second-order valence-electron chi connectivity index (χ2n) is 7.35. The van der Waals surface area contributed by atoms with E-state index in [0.29, 0.717) is 5.82 Å². The molecule has 0 aliphatic rings. The van der Waals surface area contributed by atoms with Crippen LogP contribution in [-0.4, -0.2) is 36.8 Å². The van der Waals surface area contributed by atoms with Crippen LogP contribution in [0.1, 0.15) is 18.5 Å². The van der Waals surface area contributed by atoms with Crippen molar-refractivity contribution in [2.24, 2.45) is 0 Å². The first kappa shape index (κ1) is 18.9.